The average molecular weight is 222 g/mol. The van der Waals surface area contributed by atoms with Crippen molar-refractivity contribution in [3.05, 3.63) is 23.3 Å². The highest BCUT2D eigenvalue weighted by Crippen LogP contribution is 2.34. The highest BCUT2D eigenvalue weighted by Gasteiger charge is 2.17. The normalized spacial score (nSPS) is 13.4. The number of aryl methyl sites for hydroxylation is 1. The molecule has 0 aliphatic carbocycles. The van der Waals surface area contributed by atoms with E-state index in [1.54, 1.807) is 7.11 Å². The summed E-state index contributed by atoms with van der Waals surface area (Å²) in [6.07, 6.45) is 1.87. The van der Waals surface area contributed by atoms with Crippen molar-refractivity contribution < 1.29 is 14.2 Å². The quantitative estimate of drug-likeness (QED) is 0.716. The van der Waals surface area contributed by atoms with Crippen LogP contribution in [-0.4, -0.2) is 26.9 Å². The monoisotopic (exact) mass is 222 g/mol. The fraction of sp³-hybridized carbons (Fsp3) is 0.538. The van der Waals surface area contributed by atoms with Crippen molar-refractivity contribution in [2.75, 3.05) is 26.9 Å². The maximum Gasteiger partial charge on any atom is 0.126 e. The Hall–Kier alpha value is -1.22. The topological polar surface area (TPSA) is 27.7 Å². The van der Waals surface area contributed by atoms with E-state index in [1.165, 1.54) is 11.1 Å². The Morgan fingerprint density at radius 2 is 2.19 bits per heavy atom. The zero-order valence-electron chi connectivity index (χ0n) is 9.91. The number of methoxy groups -OCH3 is 1. The van der Waals surface area contributed by atoms with E-state index in [4.69, 9.17) is 14.2 Å². The fourth-order valence-electron chi connectivity index (χ4n) is 1.90. The Kier molecular flexibility index (Phi) is 3.67. The van der Waals surface area contributed by atoms with E-state index in [2.05, 4.69) is 19.1 Å². The molecule has 0 bridgehead atoms. The van der Waals surface area contributed by atoms with Crippen molar-refractivity contribution >= 4 is 0 Å². The summed E-state index contributed by atoms with van der Waals surface area (Å²) in [5.41, 5.74) is 2.39. The van der Waals surface area contributed by atoms with Crippen molar-refractivity contribution in [2.45, 2.75) is 19.8 Å². The summed E-state index contributed by atoms with van der Waals surface area (Å²) >= 11 is 0. The zero-order chi connectivity index (χ0) is 11.4. The Morgan fingerprint density at radius 1 is 1.31 bits per heavy atom. The van der Waals surface area contributed by atoms with Crippen LogP contribution in [0.5, 0.6) is 11.5 Å². The molecule has 0 N–H and O–H groups in total. The number of fused-ring (bicyclic) bond motifs is 1. The summed E-state index contributed by atoms with van der Waals surface area (Å²) in [4.78, 5) is 0. The van der Waals surface area contributed by atoms with Crippen LogP contribution in [0.3, 0.4) is 0 Å². The first-order valence-corrected chi connectivity index (χ1v) is 5.69. The molecule has 0 unspecified atom stereocenters. The summed E-state index contributed by atoms with van der Waals surface area (Å²) in [6.45, 7) is 4.27. The average Bonchev–Trinajstić information content (AvgIpc) is 2.72. The van der Waals surface area contributed by atoms with Gasteiger partial charge in [0.2, 0.25) is 0 Å². The van der Waals surface area contributed by atoms with E-state index in [1.807, 2.05) is 0 Å². The molecule has 88 valence electrons. The van der Waals surface area contributed by atoms with Crippen LogP contribution in [0.15, 0.2) is 12.1 Å². The van der Waals surface area contributed by atoms with Crippen molar-refractivity contribution in [1.29, 1.82) is 0 Å². The summed E-state index contributed by atoms with van der Waals surface area (Å²) < 4.78 is 16.3. The summed E-state index contributed by atoms with van der Waals surface area (Å²) in [6, 6.07) is 4.16. The first kappa shape index (κ1) is 11.3. The molecule has 2 rings (SSSR count). The van der Waals surface area contributed by atoms with Crippen molar-refractivity contribution in [3.8, 4) is 11.5 Å². The van der Waals surface area contributed by atoms with Gasteiger partial charge in [-0.1, -0.05) is 0 Å². The molecule has 1 aromatic carbocycles. The molecule has 0 spiro atoms. The van der Waals surface area contributed by atoms with Crippen LogP contribution in [0, 0.1) is 6.92 Å². The van der Waals surface area contributed by atoms with E-state index >= 15 is 0 Å². The van der Waals surface area contributed by atoms with Crippen molar-refractivity contribution in [1.82, 2.24) is 0 Å². The number of rotatable bonds is 5. The van der Waals surface area contributed by atoms with Gasteiger partial charge in [0, 0.05) is 32.1 Å². The van der Waals surface area contributed by atoms with Crippen LogP contribution in [0.4, 0.5) is 0 Å². The molecule has 1 heterocycles. The fourth-order valence-corrected chi connectivity index (χ4v) is 1.90. The predicted molar refractivity (Wildman–Crippen MR) is 62.4 cm³/mol. The minimum absolute atomic E-state index is 0.698. The highest BCUT2D eigenvalue weighted by atomic mass is 16.5. The molecule has 1 aliphatic rings. The molecule has 0 fully saturated rings. The first-order chi connectivity index (χ1) is 7.81. The van der Waals surface area contributed by atoms with Gasteiger partial charge in [-0.05, 0) is 24.6 Å². The summed E-state index contributed by atoms with van der Waals surface area (Å²) in [5, 5.41) is 0. The van der Waals surface area contributed by atoms with Crippen LogP contribution in [-0.2, 0) is 11.2 Å². The van der Waals surface area contributed by atoms with Gasteiger partial charge < -0.3 is 14.2 Å². The zero-order valence-corrected chi connectivity index (χ0v) is 9.91. The number of hydrogen-bond donors (Lipinski definition) is 0. The molecule has 1 aromatic rings. The van der Waals surface area contributed by atoms with Gasteiger partial charge in [0.15, 0.2) is 0 Å². The molecular formula is C13H18O3. The third-order valence-electron chi connectivity index (χ3n) is 2.67. The molecule has 0 aromatic heterocycles. The Labute approximate surface area is 96.3 Å². The minimum atomic E-state index is 0.698. The largest absolute Gasteiger partial charge is 0.493 e. The smallest absolute Gasteiger partial charge is 0.126 e. The number of benzene rings is 1. The van der Waals surface area contributed by atoms with Crippen molar-refractivity contribution in [2.24, 2.45) is 0 Å². The Balaban J connectivity index is 2.03. The third-order valence-corrected chi connectivity index (χ3v) is 2.67. The molecular weight excluding hydrogens is 204 g/mol. The number of hydrogen-bond acceptors (Lipinski definition) is 3. The lowest BCUT2D eigenvalue weighted by molar-refractivity contribution is 0.172. The summed E-state index contributed by atoms with van der Waals surface area (Å²) in [5.74, 6) is 1.96. The molecule has 0 radical (unpaired) electrons. The predicted octanol–water partition coefficient (Wildman–Crippen LogP) is 2.35. The lowest BCUT2D eigenvalue weighted by atomic mass is 10.1. The number of ether oxygens (including phenoxy) is 3. The standard InChI is InChI=1S/C13H18O3/c1-10-8-12(15-6-3-5-14-2)11-4-7-16-13(11)9-10/h8-9H,3-7H2,1-2H3. The molecule has 0 amide bonds. The molecule has 3 nitrogen and oxygen atoms in total. The Morgan fingerprint density at radius 3 is 3.00 bits per heavy atom. The SMILES string of the molecule is COCCCOc1cc(C)cc2c1CCO2. The second-order valence-corrected chi connectivity index (χ2v) is 4.03. The van der Waals surface area contributed by atoms with E-state index in [0.29, 0.717) is 6.61 Å². The summed E-state index contributed by atoms with van der Waals surface area (Å²) in [7, 11) is 1.71. The van der Waals surface area contributed by atoms with Crippen LogP contribution in [0.25, 0.3) is 0 Å². The lowest BCUT2D eigenvalue weighted by Gasteiger charge is -2.10. The van der Waals surface area contributed by atoms with Gasteiger partial charge in [-0.3, -0.25) is 0 Å². The molecule has 0 atom stereocenters. The minimum Gasteiger partial charge on any atom is -0.493 e. The van der Waals surface area contributed by atoms with Crippen LogP contribution < -0.4 is 9.47 Å². The van der Waals surface area contributed by atoms with Gasteiger partial charge in [0.1, 0.15) is 11.5 Å². The van der Waals surface area contributed by atoms with Crippen LogP contribution in [0.2, 0.25) is 0 Å². The second kappa shape index (κ2) is 5.21. The van der Waals surface area contributed by atoms with E-state index in [9.17, 15) is 0 Å². The van der Waals surface area contributed by atoms with Crippen LogP contribution >= 0.6 is 0 Å². The van der Waals surface area contributed by atoms with E-state index in [-0.39, 0.29) is 0 Å². The molecule has 16 heavy (non-hydrogen) atoms. The van der Waals surface area contributed by atoms with Gasteiger partial charge in [-0.15, -0.1) is 0 Å². The van der Waals surface area contributed by atoms with E-state index in [0.717, 1.165) is 37.6 Å². The molecule has 0 saturated carbocycles. The Bertz CT molecular complexity index is 360. The maximum atomic E-state index is 5.77. The van der Waals surface area contributed by atoms with E-state index < -0.39 is 0 Å². The van der Waals surface area contributed by atoms with Gasteiger partial charge in [0.25, 0.3) is 0 Å². The molecule has 1 aliphatic heterocycles. The van der Waals surface area contributed by atoms with Crippen LogP contribution in [0.1, 0.15) is 17.5 Å². The highest BCUT2D eigenvalue weighted by molar-refractivity contribution is 5.49. The molecule has 3 heteroatoms. The maximum absolute atomic E-state index is 5.77. The van der Waals surface area contributed by atoms with Crippen molar-refractivity contribution in [3.63, 3.8) is 0 Å². The third kappa shape index (κ3) is 2.47. The molecule has 0 saturated heterocycles. The first-order valence-electron chi connectivity index (χ1n) is 5.69. The van der Waals surface area contributed by atoms with Gasteiger partial charge in [-0.25, -0.2) is 0 Å². The van der Waals surface area contributed by atoms with Gasteiger partial charge >= 0.3 is 0 Å². The lowest BCUT2D eigenvalue weighted by Crippen LogP contribution is -2.03. The van der Waals surface area contributed by atoms with Gasteiger partial charge in [-0.2, -0.15) is 0 Å². The van der Waals surface area contributed by atoms with Gasteiger partial charge in [0.05, 0.1) is 13.2 Å². The second-order valence-electron chi connectivity index (χ2n) is 4.03.